The Morgan fingerprint density at radius 2 is 1.42 bits per heavy atom. The molecule has 0 saturated carbocycles. The van der Waals surface area contributed by atoms with Gasteiger partial charge in [-0.05, 0) is 19.9 Å². The van der Waals surface area contributed by atoms with E-state index >= 15 is 0 Å². The number of hydrogen-bond donors (Lipinski definition) is 0. The molecule has 0 atom stereocenters. The summed E-state index contributed by atoms with van der Waals surface area (Å²) in [6, 6.07) is 18.8. The molecule has 1 aromatic heterocycles. The van der Waals surface area contributed by atoms with Crippen LogP contribution in [0.5, 0.6) is 0 Å². The molecular weight excluding hydrogens is 318 g/mol. The van der Waals surface area contributed by atoms with Gasteiger partial charge in [-0.15, -0.1) is 0 Å². The number of nitrogens with zero attached hydrogens (tertiary/aromatic N) is 3. The molecule has 3 nitrogen and oxygen atoms in total. The minimum absolute atomic E-state index is 0.658. The highest BCUT2D eigenvalue weighted by Gasteiger charge is 2.21. The molecule has 0 spiro atoms. The van der Waals surface area contributed by atoms with Crippen molar-refractivity contribution in [3.63, 3.8) is 0 Å². The fourth-order valence-corrected chi connectivity index (χ4v) is 3.17. The Hall–Kier alpha value is -2.68. The number of rotatable bonds is 1. The van der Waals surface area contributed by atoms with Crippen LogP contribution < -0.4 is 0 Å². The smallest absolute Gasteiger partial charge is 0.110 e. The van der Waals surface area contributed by atoms with Crippen LogP contribution in [0.1, 0.15) is 56.0 Å². The van der Waals surface area contributed by atoms with Gasteiger partial charge >= 0.3 is 0 Å². The fourth-order valence-electron chi connectivity index (χ4n) is 3.17. The average molecular weight is 348 g/mol. The van der Waals surface area contributed by atoms with E-state index < -0.39 is 0 Å². The normalized spacial score (nSPS) is 11.5. The van der Waals surface area contributed by atoms with E-state index in [1.165, 1.54) is 5.69 Å². The van der Waals surface area contributed by atoms with E-state index in [0.29, 0.717) is 6.54 Å². The first-order valence-corrected chi connectivity index (χ1v) is 9.50. The minimum atomic E-state index is 0.658. The second-order valence-corrected chi connectivity index (χ2v) is 5.57. The summed E-state index contributed by atoms with van der Waals surface area (Å²) in [5, 5.41) is 0. The summed E-state index contributed by atoms with van der Waals surface area (Å²) in [6.07, 6.45) is 0. The summed E-state index contributed by atoms with van der Waals surface area (Å²) in [5.41, 5.74) is 6.77. The highest BCUT2D eigenvalue weighted by Crippen LogP contribution is 2.27. The number of aryl methyl sites for hydroxylation is 2. The van der Waals surface area contributed by atoms with Crippen LogP contribution in [-0.2, 0) is 6.54 Å². The number of imidazole rings is 1. The number of aromatic nitrogens is 2. The van der Waals surface area contributed by atoms with Crippen molar-refractivity contribution < 1.29 is 0 Å². The van der Waals surface area contributed by atoms with Gasteiger partial charge in [0.25, 0.3) is 0 Å². The van der Waals surface area contributed by atoms with Gasteiger partial charge in [0.05, 0.1) is 29.3 Å². The molecule has 0 amide bonds. The summed E-state index contributed by atoms with van der Waals surface area (Å²) in [4.78, 5) is 9.53. The maximum atomic E-state index is 4.91. The van der Waals surface area contributed by atoms with Crippen LogP contribution in [0.4, 0.5) is 0 Å². The van der Waals surface area contributed by atoms with Gasteiger partial charge in [-0.25, -0.2) is 4.98 Å². The Bertz CT molecular complexity index is 874. The predicted octanol–water partition coefficient (Wildman–Crippen LogP) is 5.89. The molecule has 2 heterocycles. The maximum Gasteiger partial charge on any atom is 0.110 e. The minimum Gasteiger partial charge on any atom is -0.298 e. The predicted molar refractivity (Wildman–Crippen MR) is 112 cm³/mol. The zero-order chi connectivity index (χ0) is 19.1. The van der Waals surface area contributed by atoms with Crippen LogP contribution in [0.3, 0.4) is 0 Å². The van der Waals surface area contributed by atoms with Gasteiger partial charge in [-0.2, -0.15) is 0 Å². The largest absolute Gasteiger partial charge is 0.298 e. The van der Waals surface area contributed by atoms with E-state index in [2.05, 4.69) is 71.9 Å². The molecule has 3 heteroatoms. The molecule has 0 saturated heterocycles. The molecule has 2 aromatic carbocycles. The standard InChI is InChI=1S/C19H17N3.2C2H6/c1-13-18-12-20-19(15-8-4-3-5-9-15)16-10-6-7-11-17(16)22(18)14(2)21-13;2*1-2/h3-11H,12H2,1-2H3;2*1-2H3. The maximum absolute atomic E-state index is 4.91. The molecule has 3 aromatic rings. The lowest BCUT2D eigenvalue weighted by atomic mass is 10.0. The van der Waals surface area contributed by atoms with Gasteiger partial charge in [0.2, 0.25) is 0 Å². The lowest BCUT2D eigenvalue weighted by molar-refractivity contribution is 0.886. The highest BCUT2D eigenvalue weighted by molar-refractivity contribution is 6.15. The van der Waals surface area contributed by atoms with Crippen molar-refractivity contribution >= 4 is 5.71 Å². The molecule has 26 heavy (non-hydrogen) atoms. The second kappa shape index (κ2) is 9.14. The SMILES string of the molecule is CC.CC.Cc1nc(C)n2c1CN=C(c1ccccc1)c1ccccc1-2. The van der Waals surface area contributed by atoms with E-state index in [1.54, 1.807) is 0 Å². The van der Waals surface area contributed by atoms with E-state index in [4.69, 9.17) is 4.99 Å². The van der Waals surface area contributed by atoms with Crippen molar-refractivity contribution in [3.05, 3.63) is 82.9 Å². The van der Waals surface area contributed by atoms with E-state index in [9.17, 15) is 0 Å². The zero-order valence-electron chi connectivity index (χ0n) is 16.7. The molecule has 136 valence electrons. The van der Waals surface area contributed by atoms with Crippen molar-refractivity contribution in [2.24, 2.45) is 4.99 Å². The zero-order valence-corrected chi connectivity index (χ0v) is 16.7. The Balaban J connectivity index is 0.000000570. The first kappa shape index (κ1) is 19.6. The summed E-state index contributed by atoms with van der Waals surface area (Å²) in [6.45, 7) is 12.8. The summed E-state index contributed by atoms with van der Waals surface area (Å²) < 4.78 is 2.24. The molecule has 1 aliphatic rings. The fraction of sp³-hybridized carbons (Fsp3) is 0.304. The van der Waals surface area contributed by atoms with Gasteiger partial charge in [0.1, 0.15) is 5.82 Å². The molecule has 0 N–H and O–H groups in total. The first-order valence-electron chi connectivity index (χ1n) is 9.50. The summed E-state index contributed by atoms with van der Waals surface area (Å²) >= 11 is 0. The van der Waals surface area contributed by atoms with Crippen molar-refractivity contribution in [3.8, 4) is 5.69 Å². The average Bonchev–Trinajstić information content (AvgIpc) is 2.89. The van der Waals surface area contributed by atoms with Crippen LogP contribution in [0, 0.1) is 13.8 Å². The topological polar surface area (TPSA) is 30.2 Å². The van der Waals surface area contributed by atoms with E-state index in [1.807, 2.05) is 33.8 Å². The Labute approximate surface area is 157 Å². The number of hydrogen-bond acceptors (Lipinski definition) is 2. The summed E-state index contributed by atoms with van der Waals surface area (Å²) in [5.74, 6) is 1.02. The van der Waals surface area contributed by atoms with E-state index in [-0.39, 0.29) is 0 Å². The third kappa shape index (κ3) is 3.62. The Morgan fingerprint density at radius 1 is 0.808 bits per heavy atom. The van der Waals surface area contributed by atoms with Crippen LogP contribution in [0.25, 0.3) is 5.69 Å². The van der Waals surface area contributed by atoms with Crippen molar-refractivity contribution in [2.45, 2.75) is 48.1 Å². The van der Waals surface area contributed by atoms with Gasteiger partial charge in [-0.3, -0.25) is 9.56 Å². The quantitative estimate of drug-likeness (QED) is 0.539. The molecule has 1 aliphatic heterocycles. The third-order valence-electron chi connectivity index (χ3n) is 4.17. The van der Waals surface area contributed by atoms with Gasteiger partial charge in [0.15, 0.2) is 0 Å². The molecule has 0 aliphatic carbocycles. The lowest BCUT2D eigenvalue weighted by Gasteiger charge is -2.12. The highest BCUT2D eigenvalue weighted by atomic mass is 15.1. The van der Waals surface area contributed by atoms with Crippen molar-refractivity contribution in [1.29, 1.82) is 0 Å². The second-order valence-electron chi connectivity index (χ2n) is 5.57. The van der Waals surface area contributed by atoms with Crippen LogP contribution in [0.15, 0.2) is 59.6 Å². The van der Waals surface area contributed by atoms with Crippen molar-refractivity contribution in [1.82, 2.24) is 9.55 Å². The first-order chi connectivity index (χ1) is 12.8. The molecule has 0 radical (unpaired) electrons. The Kier molecular flexibility index (Phi) is 6.90. The molecule has 0 unspecified atom stereocenters. The molecule has 0 bridgehead atoms. The van der Waals surface area contributed by atoms with Crippen molar-refractivity contribution in [2.75, 3.05) is 0 Å². The van der Waals surface area contributed by atoms with Gasteiger partial charge in [-0.1, -0.05) is 76.2 Å². The van der Waals surface area contributed by atoms with Gasteiger partial charge < -0.3 is 0 Å². The van der Waals surface area contributed by atoms with Crippen LogP contribution in [0.2, 0.25) is 0 Å². The number of benzene rings is 2. The monoisotopic (exact) mass is 347 g/mol. The van der Waals surface area contributed by atoms with Crippen LogP contribution in [-0.4, -0.2) is 15.3 Å². The lowest BCUT2D eigenvalue weighted by Crippen LogP contribution is -2.07. The third-order valence-corrected chi connectivity index (χ3v) is 4.17. The van der Waals surface area contributed by atoms with E-state index in [0.717, 1.165) is 34.0 Å². The number of aliphatic imine (C=N–C) groups is 1. The van der Waals surface area contributed by atoms with Crippen LogP contribution >= 0.6 is 0 Å². The molecule has 0 fully saturated rings. The molecular formula is C23H29N3. The van der Waals surface area contributed by atoms with Gasteiger partial charge in [0, 0.05) is 11.1 Å². The number of para-hydroxylation sites is 1. The number of fused-ring (bicyclic) bond motifs is 3. The summed E-state index contributed by atoms with van der Waals surface area (Å²) in [7, 11) is 0. The Morgan fingerprint density at radius 3 is 2.12 bits per heavy atom. The molecule has 4 rings (SSSR count).